The van der Waals surface area contributed by atoms with Crippen molar-refractivity contribution < 1.29 is 17.7 Å². The fourth-order valence-electron chi connectivity index (χ4n) is 11.5. The predicted octanol–water partition coefficient (Wildman–Crippen LogP) is 20.8. The molecule has 6 nitrogen and oxygen atoms in total. The van der Waals surface area contributed by atoms with E-state index in [0.29, 0.717) is 11.8 Å². The first-order valence-corrected chi connectivity index (χ1v) is 25.6. The summed E-state index contributed by atoms with van der Waals surface area (Å²) in [6.07, 6.45) is 0. The van der Waals surface area contributed by atoms with Gasteiger partial charge in [0.1, 0.15) is 33.5 Å². The second-order valence-electron chi connectivity index (χ2n) is 20.5. The molecule has 0 atom stereocenters. The van der Waals surface area contributed by atoms with E-state index in [0.717, 1.165) is 143 Å². The van der Waals surface area contributed by atoms with Crippen molar-refractivity contribution in [2.45, 2.75) is 39.5 Å². The van der Waals surface area contributed by atoms with E-state index >= 15 is 0 Å². The number of hydrogen-bond donors (Lipinski definition) is 0. The van der Waals surface area contributed by atoms with Crippen LogP contribution >= 0.6 is 0 Å². The van der Waals surface area contributed by atoms with E-state index < -0.39 is 0 Å². The first-order valence-electron chi connectivity index (χ1n) is 25.6. The monoisotopic (exact) mass is 956 g/mol. The quantitative estimate of drug-likeness (QED) is 0.151. The molecule has 0 saturated carbocycles. The van der Waals surface area contributed by atoms with Crippen molar-refractivity contribution in [2.24, 2.45) is 0 Å². The van der Waals surface area contributed by atoms with Gasteiger partial charge >= 0.3 is 0 Å². The van der Waals surface area contributed by atoms with Crippen molar-refractivity contribution in [3.63, 3.8) is 0 Å². The molecule has 11 aromatic carbocycles. The van der Waals surface area contributed by atoms with Crippen LogP contribution in [-0.4, -0.2) is 0 Å². The Morgan fingerprint density at radius 2 is 0.662 bits per heavy atom. The van der Waals surface area contributed by atoms with Crippen LogP contribution in [0.4, 0.5) is 34.1 Å². The van der Waals surface area contributed by atoms with Crippen LogP contribution in [0.5, 0.6) is 0 Å². The molecular formula is C68H48N2O4. The molecular weight excluding hydrogens is 909 g/mol. The van der Waals surface area contributed by atoms with Crippen LogP contribution in [0.25, 0.3) is 109 Å². The highest BCUT2D eigenvalue weighted by molar-refractivity contribution is 6.19. The summed E-state index contributed by atoms with van der Waals surface area (Å²) in [5.74, 6) is 0.848. The maximum atomic E-state index is 6.73. The van der Waals surface area contributed by atoms with Crippen LogP contribution in [-0.2, 0) is 0 Å². The van der Waals surface area contributed by atoms with Crippen LogP contribution in [0, 0.1) is 0 Å². The molecule has 0 unspecified atom stereocenters. The zero-order valence-electron chi connectivity index (χ0n) is 41.3. The molecule has 0 radical (unpaired) electrons. The van der Waals surface area contributed by atoms with Crippen molar-refractivity contribution in [2.75, 3.05) is 9.80 Å². The molecule has 0 saturated heterocycles. The molecule has 354 valence electrons. The van der Waals surface area contributed by atoms with E-state index in [9.17, 15) is 0 Å². The topological polar surface area (TPSA) is 59.0 Å². The highest BCUT2D eigenvalue weighted by Gasteiger charge is 2.23. The largest absolute Gasteiger partial charge is 0.456 e. The van der Waals surface area contributed by atoms with Crippen LogP contribution in [0.3, 0.4) is 0 Å². The lowest BCUT2D eigenvalue weighted by Gasteiger charge is -2.26. The van der Waals surface area contributed by atoms with Gasteiger partial charge in [-0.05, 0) is 148 Å². The molecule has 0 aliphatic heterocycles. The summed E-state index contributed by atoms with van der Waals surface area (Å²) in [7, 11) is 0. The SMILES string of the molecule is CC(C)c1ccc(N(c2ccc3cc4c(cc3c2)oc2cc3oc5cc6cc(N(c7ccc(C(C)C)cc7)c7cccc8c7oc7ccccc78)ccc6cc5c3cc24)c2cccc3c2oc2ccccc23)cc1. The van der Waals surface area contributed by atoms with Gasteiger partial charge in [-0.1, -0.05) is 125 Å². The van der Waals surface area contributed by atoms with Crippen molar-refractivity contribution in [3.8, 4) is 0 Å². The van der Waals surface area contributed by atoms with Crippen LogP contribution in [0.2, 0.25) is 0 Å². The molecule has 0 N–H and O–H groups in total. The summed E-state index contributed by atoms with van der Waals surface area (Å²) >= 11 is 0. The molecule has 0 bridgehead atoms. The van der Waals surface area contributed by atoms with Gasteiger partial charge < -0.3 is 27.5 Å². The average Bonchev–Trinajstić information content (AvgIpc) is 4.20. The smallest absolute Gasteiger partial charge is 0.159 e. The molecule has 0 aliphatic carbocycles. The normalized spacial score (nSPS) is 12.3. The number of furan rings is 4. The minimum Gasteiger partial charge on any atom is -0.456 e. The number of anilines is 6. The summed E-state index contributed by atoms with van der Waals surface area (Å²) in [6, 6.07) is 73.8. The van der Waals surface area contributed by atoms with Crippen molar-refractivity contribution in [1.82, 2.24) is 0 Å². The summed E-state index contributed by atoms with van der Waals surface area (Å²) in [6.45, 7) is 8.92. The van der Waals surface area contributed by atoms with Crippen LogP contribution in [0.1, 0.15) is 50.7 Å². The van der Waals surface area contributed by atoms with Gasteiger partial charge in [0.05, 0.1) is 11.4 Å². The second-order valence-corrected chi connectivity index (χ2v) is 20.5. The van der Waals surface area contributed by atoms with Crippen molar-refractivity contribution in [3.05, 3.63) is 217 Å². The summed E-state index contributed by atoms with van der Waals surface area (Å²) in [5.41, 5.74) is 15.4. The molecule has 74 heavy (non-hydrogen) atoms. The number of nitrogens with zero attached hydrogens (tertiary/aromatic N) is 2. The number of rotatable bonds is 8. The number of benzene rings is 11. The number of fused-ring (bicyclic) bond motifs is 14. The van der Waals surface area contributed by atoms with E-state index in [2.05, 4.69) is 219 Å². The highest BCUT2D eigenvalue weighted by atomic mass is 16.3. The van der Waals surface area contributed by atoms with Gasteiger partial charge in [-0.3, -0.25) is 0 Å². The molecule has 4 aromatic heterocycles. The van der Waals surface area contributed by atoms with E-state index in [-0.39, 0.29) is 0 Å². The first kappa shape index (κ1) is 42.4. The maximum absolute atomic E-state index is 6.73. The van der Waals surface area contributed by atoms with Crippen LogP contribution in [0.15, 0.2) is 224 Å². The fraction of sp³-hybridized carbons (Fsp3) is 0.0882. The van der Waals surface area contributed by atoms with Gasteiger partial charge in [0.2, 0.25) is 0 Å². The third-order valence-corrected chi connectivity index (χ3v) is 15.3. The average molecular weight is 957 g/mol. The summed E-state index contributed by atoms with van der Waals surface area (Å²) in [4.78, 5) is 4.62. The Labute approximate surface area is 425 Å². The Morgan fingerprint density at radius 3 is 1.11 bits per heavy atom. The third-order valence-electron chi connectivity index (χ3n) is 15.3. The van der Waals surface area contributed by atoms with Gasteiger partial charge in [0.25, 0.3) is 0 Å². The lowest BCUT2D eigenvalue weighted by molar-refractivity contribution is 0.656. The zero-order chi connectivity index (χ0) is 49.3. The summed E-state index contributed by atoms with van der Waals surface area (Å²) < 4.78 is 26.7. The molecule has 15 rings (SSSR count). The van der Waals surface area contributed by atoms with Gasteiger partial charge in [-0.2, -0.15) is 0 Å². The Bertz CT molecular complexity index is 4440. The van der Waals surface area contributed by atoms with E-state index in [1.807, 2.05) is 24.3 Å². The Balaban J connectivity index is 0.831. The Kier molecular flexibility index (Phi) is 9.24. The molecule has 6 heteroatoms. The molecule has 4 heterocycles. The van der Waals surface area contributed by atoms with Gasteiger partial charge in [0, 0.05) is 71.9 Å². The van der Waals surface area contributed by atoms with Gasteiger partial charge in [0.15, 0.2) is 11.2 Å². The molecule has 15 aromatic rings. The first-order chi connectivity index (χ1) is 36.3. The maximum Gasteiger partial charge on any atom is 0.159 e. The van der Waals surface area contributed by atoms with E-state index in [1.54, 1.807) is 0 Å². The minimum atomic E-state index is 0.424. The molecule has 0 spiro atoms. The van der Waals surface area contributed by atoms with Gasteiger partial charge in [-0.15, -0.1) is 0 Å². The third kappa shape index (κ3) is 6.57. The second kappa shape index (κ2) is 16.1. The minimum absolute atomic E-state index is 0.424. The standard InChI is InChI=1S/C68H48N2O4/c1-39(2)41-19-25-47(26-20-41)69(59-15-9-13-53-51-11-5-7-17-61(51)73-67(53)59)49-29-23-43-33-55-57-37-58-56-34-44-24-30-50(32-46(44)36-64(56)72-66(58)38-65(57)71-63(55)35-45(43)31-49)70(48-27-21-42(22-28-48)40(3)4)60-16-10-14-54-52-12-6-8-18-62(52)74-68(54)60/h5-40H,1-4H3. The fourth-order valence-corrected chi connectivity index (χ4v) is 11.5. The van der Waals surface area contributed by atoms with Gasteiger partial charge in [-0.25, -0.2) is 0 Å². The van der Waals surface area contributed by atoms with E-state index in [4.69, 9.17) is 17.7 Å². The Morgan fingerprint density at radius 1 is 0.270 bits per heavy atom. The van der Waals surface area contributed by atoms with Crippen molar-refractivity contribution >= 4 is 143 Å². The number of hydrogen-bond acceptors (Lipinski definition) is 6. The summed E-state index contributed by atoms with van der Waals surface area (Å²) in [5, 5.41) is 13.0. The Hall–Kier alpha value is -9.26. The number of para-hydroxylation sites is 4. The molecule has 0 amide bonds. The lowest BCUT2D eigenvalue weighted by atomic mass is 10.0. The zero-order valence-corrected chi connectivity index (χ0v) is 41.3. The molecule has 0 aliphatic rings. The highest BCUT2D eigenvalue weighted by Crippen LogP contribution is 2.47. The lowest BCUT2D eigenvalue weighted by Crippen LogP contribution is -2.10. The van der Waals surface area contributed by atoms with E-state index in [1.165, 1.54) is 11.1 Å². The predicted molar refractivity (Wildman–Crippen MR) is 308 cm³/mol. The molecule has 0 fully saturated rings. The van der Waals surface area contributed by atoms with Crippen LogP contribution < -0.4 is 9.80 Å². The van der Waals surface area contributed by atoms with Crippen molar-refractivity contribution in [1.29, 1.82) is 0 Å².